The van der Waals surface area contributed by atoms with E-state index in [2.05, 4.69) is 0 Å². The predicted octanol–water partition coefficient (Wildman–Crippen LogP) is 3.69. The smallest absolute Gasteiger partial charge is 0.338 e. The van der Waals surface area contributed by atoms with Crippen LogP contribution in [0.15, 0.2) is 77.7 Å². The minimum Gasteiger partial charge on any atom is -0.452 e. The van der Waals surface area contributed by atoms with Gasteiger partial charge in [0.2, 0.25) is 10.0 Å². The van der Waals surface area contributed by atoms with Crippen LogP contribution in [0, 0.1) is 6.92 Å². The van der Waals surface area contributed by atoms with Gasteiger partial charge in [0.25, 0.3) is 5.91 Å². The Bertz CT molecular complexity index is 1250. The van der Waals surface area contributed by atoms with Gasteiger partial charge in [-0.3, -0.25) is 4.79 Å². The van der Waals surface area contributed by atoms with Gasteiger partial charge in [-0.2, -0.15) is 0 Å². The van der Waals surface area contributed by atoms with Crippen molar-refractivity contribution in [2.24, 2.45) is 5.14 Å². The first-order valence-electron chi connectivity index (χ1n) is 9.55. The van der Waals surface area contributed by atoms with E-state index in [4.69, 9.17) is 21.5 Å². The van der Waals surface area contributed by atoms with Crippen LogP contribution in [0.25, 0.3) is 0 Å². The molecule has 0 aliphatic rings. The van der Waals surface area contributed by atoms with Crippen molar-refractivity contribution in [2.75, 3.05) is 11.5 Å². The molecule has 32 heavy (non-hydrogen) atoms. The molecular formula is C23H21ClN2O5S. The van der Waals surface area contributed by atoms with Gasteiger partial charge in [-0.05, 0) is 48.4 Å². The summed E-state index contributed by atoms with van der Waals surface area (Å²) in [7, 11) is -4.12. The van der Waals surface area contributed by atoms with Crippen LogP contribution < -0.4 is 10.0 Å². The second kappa shape index (κ2) is 9.95. The molecule has 0 radical (unpaired) electrons. The Kier molecular flexibility index (Phi) is 7.29. The van der Waals surface area contributed by atoms with E-state index in [0.29, 0.717) is 5.69 Å². The topological polar surface area (TPSA) is 107 Å². The largest absolute Gasteiger partial charge is 0.452 e. The Morgan fingerprint density at radius 3 is 2.38 bits per heavy atom. The second-order valence-corrected chi connectivity index (χ2v) is 9.01. The van der Waals surface area contributed by atoms with Crippen LogP contribution >= 0.6 is 11.6 Å². The molecule has 3 aromatic carbocycles. The van der Waals surface area contributed by atoms with Crippen molar-refractivity contribution in [1.29, 1.82) is 0 Å². The number of hydrogen-bond acceptors (Lipinski definition) is 5. The summed E-state index contributed by atoms with van der Waals surface area (Å²) in [5.74, 6) is -1.31. The molecule has 0 heterocycles. The van der Waals surface area contributed by atoms with Gasteiger partial charge in [-0.1, -0.05) is 54.1 Å². The first kappa shape index (κ1) is 23.5. The number of anilines is 1. The van der Waals surface area contributed by atoms with Gasteiger partial charge in [0.05, 0.1) is 17.1 Å². The average molecular weight is 473 g/mol. The predicted molar refractivity (Wildman–Crippen MR) is 122 cm³/mol. The average Bonchev–Trinajstić information content (AvgIpc) is 2.76. The van der Waals surface area contributed by atoms with E-state index in [9.17, 15) is 18.0 Å². The molecule has 7 nitrogen and oxygen atoms in total. The maximum absolute atomic E-state index is 13.0. The molecule has 0 aliphatic carbocycles. The van der Waals surface area contributed by atoms with Gasteiger partial charge in [0.15, 0.2) is 6.61 Å². The van der Waals surface area contributed by atoms with E-state index in [1.54, 1.807) is 6.07 Å². The third-order valence-corrected chi connectivity index (χ3v) is 5.99. The van der Waals surface area contributed by atoms with Crippen molar-refractivity contribution < 1.29 is 22.7 Å². The molecule has 0 bridgehead atoms. The highest BCUT2D eigenvalue weighted by Gasteiger charge is 2.21. The van der Waals surface area contributed by atoms with Gasteiger partial charge in [0, 0.05) is 5.69 Å². The quantitative estimate of drug-likeness (QED) is 0.528. The third-order valence-electron chi connectivity index (χ3n) is 4.60. The zero-order valence-electron chi connectivity index (χ0n) is 17.2. The van der Waals surface area contributed by atoms with E-state index in [1.807, 2.05) is 55.5 Å². The molecule has 0 aromatic heterocycles. The lowest BCUT2D eigenvalue weighted by Gasteiger charge is -2.23. The van der Waals surface area contributed by atoms with Crippen molar-refractivity contribution >= 4 is 39.2 Å². The SMILES string of the molecule is Cc1cccc(N(Cc2ccccc2)C(=O)COC(=O)c2ccc(Cl)c(S(N)(=O)=O)c2)c1. The van der Waals surface area contributed by atoms with Gasteiger partial charge >= 0.3 is 5.97 Å². The van der Waals surface area contributed by atoms with Crippen molar-refractivity contribution in [3.8, 4) is 0 Å². The minimum atomic E-state index is -4.12. The van der Waals surface area contributed by atoms with Crippen LogP contribution in [-0.4, -0.2) is 26.9 Å². The summed E-state index contributed by atoms with van der Waals surface area (Å²) in [5.41, 5.74) is 2.46. The first-order valence-corrected chi connectivity index (χ1v) is 11.5. The number of ether oxygens (including phenoxy) is 1. The van der Waals surface area contributed by atoms with E-state index in [1.165, 1.54) is 17.0 Å². The molecule has 1 amide bonds. The number of benzene rings is 3. The number of nitrogens with zero attached hydrogens (tertiary/aromatic N) is 1. The van der Waals surface area contributed by atoms with Crippen LogP contribution in [0.4, 0.5) is 5.69 Å². The molecule has 3 aromatic rings. The molecule has 9 heteroatoms. The first-order chi connectivity index (χ1) is 15.1. The Labute approximate surface area is 191 Å². The van der Waals surface area contributed by atoms with Crippen molar-refractivity contribution in [3.63, 3.8) is 0 Å². The Morgan fingerprint density at radius 1 is 1.00 bits per heavy atom. The summed E-state index contributed by atoms with van der Waals surface area (Å²) in [5, 5.41) is 5.00. The summed E-state index contributed by atoms with van der Waals surface area (Å²) in [6, 6.07) is 20.4. The number of carbonyl (C=O) groups is 2. The van der Waals surface area contributed by atoms with Crippen LogP contribution in [-0.2, 0) is 26.1 Å². The zero-order chi connectivity index (χ0) is 23.3. The monoisotopic (exact) mass is 472 g/mol. The molecular weight excluding hydrogens is 452 g/mol. The molecule has 0 atom stereocenters. The fourth-order valence-electron chi connectivity index (χ4n) is 3.02. The van der Waals surface area contributed by atoms with Gasteiger partial charge < -0.3 is 9.64 Å². The number of aryl methyl sites for hydroxylation is 1. The number of amides is 1. The number of primary sulfonamides is 1. The number of nitrogens with two attached hydrogens (primary N) is 1. The van der Waals surface area contributed by atoms with Crippen LogP contribution in [0.3, 0.4) is 0 Å². The number of hydrogen-bond donors (Lipinski definition) is 1. The van der Waals surface area contributed by atoms with Crippen molar-refractivity contribution in [2.45, 2.75) is 18.4 Å². The van der Waals surface area contributed by atoms with Crippen molar-refractivity contribution in [1.82, 2.24) is 0 Å². The summed E-state index contributed by atoms with van der Waals surface area (Å²) < 4.78 is 28.4. The van der Waals surface area contributed by atoms with E-state index in [0.717, 1.165) is 17.2 Å². The van der Waals surface area contributed by atoms with E-state index in [-0.39, 0.29) is 17.1 Å². The number of rotatable bonds is 7. The van der Waals surface area contributed by atoms with Gasteiger partial charge in [-0.15, -0.1) is 0 Å². The van der Waals surface area contributed by atoms with Crippen LogP contribution in [0.5, 0.6) is 0 Å². The zero-order valence-corrected chi connectivity index (χ0v) is 18.8. The fourth-order valence-corrected chi connectivity index (χ4v) is 4.09. The Morgan fingerprint density at radius 2 is 1.72 bits per heavy atom. The molecule has 0 spiro atoms. The molecule has 0 fully saturated rings. The number of esters is 1. The molecule has 166 valence electrons. The Balaban J connectivity index is 1.78. The second-order valence-electron chi connectivity index (χ2n) is 7.07. The lowest BCUT2D eigenvalue weighted by atomic mass is 10.1. The highest BCUT2D eigenvalue weighted by Crippen LogP contribution is 2.22. The lowest BCUT2D eigenvalue weighted by Crippen LogP contribution is -2.34. The maximum atomic E-state index is 13.0. The summed E-state index contributed by atoms with van der Waals surface area (Å²) in [6.07, 6.45) is 0. The normalized spacial score (nSPS) is 11.1. The molecule has 3 rings (SSSR count). The standard InChI is InChI=1S/C23H21ClN2O5S/c1-16-6-5-9-19(12-16)26(14-17-7-3-2-4-8-17)22(27)15-31-23(28)18-10-11-20(24)21(13-18)32(25,29)30/h2-13H,14-15H2,1H3,(H2,25,29,30). The molecule has 0 saturated heterocycles. The van der Waals surface area contributed by atoms with Crippen LogP contribution in [0.1, 0.15) is 21.5 Å². The summed E-state index contributed by atoms with van der Waals surface area (Å²) in [6.45, 7) is 1.67. The highest BCUT2D eigenvalue weighted by atomic mass is 35.5. The van der Waals surface area contributed by atoms with E-state index < -0.39 is 33.4 Å². The molecule has 0 unspecified atom stereocenters. The van der Waals surface area contributed by atoms with Gasteiger partial charge in [-0.25, -0.2) is 18.4 Å². The number of sulfonamides is 1. The van der Waals surface area contributed by atoms with Crippen LogP contribution in [0.2, 0.25) is 5.02 Å². The highest BCUT2D eigenvalue weighted by molar-refractivity contribution is 7.89. The molecule has 0 saturated carbocycles. The summed E-state index contributed by atoms with van der Waals surface area (Å²) in [4.78, 5) is 26.5. The number of carbonyl (C=O) groups excluding carboxylic acids is 2. The molecule has 2 N–H and O–H groups in total. The Hall–Kier alpha value is -3.20. The van der Waals surface area contributed by atoms with Gasteiger partial charge in [0.1, 0.15) is 4.90 Å². The molecule has 0 aliphatic heterocycles. The number of halogens is 1. The third kappa shape index (κ3) is 5.94. The fraction of sp³-hybridized carbons (Fsp3) is 0.130. The van der Waals surface area contributed by atoms with E-state index >= 15 is 0 Å². The summed E-state index contributed by atoms with van der Waals surface area (Å²) >= 11 is 5.84. The van der Waals surface area contributed by atoms with Crippen molar-refractivity contribution in [3.05, 3.63) is 94.5 Å². The lowest BCUT2D eigenvalue weighted by molar-refractivity contribution is -0.121. The minimum absolute atomic E-state index is 0.0867. The maximum Gasteiger partial charge on any atom is 0.338 e.